The third-order valence-electron chi connectivity index (χ3n) is 3.97. The van der Waals surface area contributed by atoms with Gasteiger partial charge in [0, 0.05) is 43.1 Å². The minimum Gasteiger partial charge on any atom is -0.385 e. The number of benzene rings is 1. The molecule has 2 heterocycles. The lowest BCUT2D eigenvalue weighted by molar-refractivity contribution is 0.406. The fraction of sp³-hybridized carbons (Fsp3) is 0.600. The highest BCUT2D eigenvalue weighted by Gasteiger charge is 2.24. The van der Waals surface area contributed by atoms with Gasteiger partial charge in [-0.05, 0) is 44.4 Å². The van der Waals surface area contributed by atoms with Gasteiger partial charge in [-0.25, -0.2) is 0 Å². The van der Waals surface area contributed by atoms with Crippen molar-refractivity contribution in [1.29, 1.82) is 0 Å². The summed E-state index contributed by atoms with van der Waals surface area (Å²) in [4.78, 5) is 2.55. The molecule has 1 aromatic carbocycles. The molecule has 1 aromatic rings. The van der Waals surface area contributed by atoms with Crippen LogP contribution in [0.15, 0.2) is 18.2 Å². The zero-order valence-electron chi connectivity index (χ0n) is 11.4. The Balaban J connectivity index is 1.91. The van der Waals surface area contributed by atoms with Crippen molar-refractivity contribution in [3.05, 3.63) is 23.8 Å². The fourth-order valence-electron chi connectivity index (χ4n) is 3.31. The summed E-state index contributed by atoms with van der Waals surface area (Å²) in [6.07, 6.45) is 2.46. The second-order valence-corrected chi connectivity index (χ2v) is 5.71. The average molecular weight is 245 g/mol. The summed E-state index contributed by atoms with van der Waals surface area (Å²) in [5.41, 5.74) is 4.31. The van der Waals surface area contributed by atoms with E-state index in [1.165, 1.54) is 29.8 Å². The Labute approximate surface area is 110 Å². The predicted molar refractivity (Wildman–Crippen MR) is 77.5 cm³/mol. The highest BCUT2D eigenvalue weighted by atomic mass is 15.2. The monoisotopic (exact) mass is 245 g/mol. The molecule has 0 bridgehead atoms. The van der Waals surface area contributed by atoms with E-state index in [2.05, 4.69) is 47.6 Å². The van der Waals surface area contributed by atoms with Gasteiger partial charge in [0.1, 0.15) is 0 Å². The first-order valence-electron chi connectivity index (χ1n) is 7.11. The van der Waals surface area contributed by atoms with E-state index in [0.29, 0.717) is 12.1 Å². The molecule has 98 valence electrons. The second-order valence-electron chi connectivity index (χ2n) is 5.71. The predicted octanol–water partition coefficient (Wildman–Crippen LogP) is 2.23. The normalized spacial score (nSPS) is 27.6. The molecule has 2 N–H and O–H groups in total. The molecule has 0 saturated carbocycles. The van der Waals surface area contributed by atoms with E-state index in [1.807, 2.05) is 0 Å². The average Bonchev–Trinajstić information content (AvgIpc) is 2.37. The fourth-order valence-corrected chi connectivity index (χ4v) is 3.31. The van der Waals surface area contributed by atoms with Crippen LogP contribution in [-0.4, -0.2) is 31.7 Å². The Hall–Kier alpha value is -1.22. The lowest BCUT2D eigenvalue weighted by Crippen LogP contribution is -2.54. The number of fused-ring (bicyclic) bond motifs is 1. The molecule has 0 radical (unpaired) electrons. The van der Waals surface area contributed by atoms with Crippen molar-refractivity contribution in [2.24, 2.45) is 0 Å². The van der Waals surface area contributed by atoms with Gasteiger partial charge < -0.3 is 15.5 Å². The maximum Gasteiger partial charge on any atom is 0.0420 e. The third kappa shape index (κ3) is 2.19. The van der Waals surface area contributed by atoms with Gasteiger partial charge in [0.15, 0.2) is 0 Å². The molecule has 0 unspecified atom stereocenters. The van der Waals surface area contributed by atoms with Crippen LogP contribution in [-0.2, 0) is 6.42 Å². The lowest BCUT2D eigenvalue weighted by Gasteiger charge is -2.39. The van der Waals surface area contributed by atoms with E-state index in [-0.39, 0.29) is 0 Å². The van der Waals surface area contributed by atoms with Crippen LogP contribution >= 0.6 is 0 Å². The van der Waals surface area contributed by atoms with Crippen LogP contribution in [0, 0.1) is 0 Å². The van der Waals surface area contributed by atoms with Gasteiger partial charge in [0.25, 0.3) is 0 Å². The summed E-state index contributed by atoms with van der Waals surface area (Å²) < 4.78 is 0. The number of piperazine rings is 1. The first kappa shape index (κ1) is 11.8. The zero-order valence-corrected chi connectivity index (χ0v) is 11.4. The molecule has 3 rings (SSSR count). The Morgan fingerprint density at radius 1 is 1.17 bits per heavy atom. The first-order valence-corrected chi connectivity index (χ1v) is 7.11. The van der Waals surface area contributed by atoms with Crippen LogP contribution in [0.1, 0.15) is 25.8 Å². The van der Waals surface area contributed by atoms with E-state index in [9.17, 15) is 0 Å². The molecule has 0 aliphatic carbocycles. The van der Waals surface area contributed by atoms with Gasteiger partial charge >= 0.3 is 0 Å². The number of nitrogens with one attached hydrogen (secondary N) is 2. The van der Waals surface area contributed by atoms with Crippen molar-refractivity contribution < 1.29 is 0 Å². The van der Waals surface area contributed by atoms with Crippen LogP contribution in [0.2, 0.25) is 0 Å². The van der Waals surface area contributed by atoms with Crippen molar-refractivity contribution in [3.63, 3.8) is 0 Å². The summed E-state index contributed by atoms with van der Waals surface area (Å²) in [5.74, 6) is 0. The molecule has 2 atom stereocenters. The van der Waals surface area contributed by atoms with E-state index >= 15 is 0 Å². The van der Waals surface area contributed by atoms with Crippen LogP contribution in [0.25, 0.3) is 0 Å². The van der Waals surface area contributed by atoms with Crippen LogP contribution in [0.3, 0.4) is 0 Å². The molecular formula is C15H23N3. The van der Waals surface area contributed by atoms with E-state index in [1.54, 1.807) is 0 Å². The molecule has 3 nitrogen and oxygen atoms in total. The number of rotatable bonds is 1. The third-order valence-corrected chi connectivity index (χ3v) is 3.97. The number of anilines is 2. The van der Waals surface area contributed by atoms with Crippen molar-refractivity contribution in [2.45, 2.75) is 38.8 Å². The van der Waals surface area contributed by atoms with Crippen molar-refractivity contribution >= 4 is 11.4 Å². The van der Waals surface area contributed by atoms with Crippen molar-refractivity contribution in [2.75, 3.05) is 29.9 Å². The highest BCUT2D eigenvalue weighted by molar-refractivity contribution is 5.68. The Kier molecular flexibility index (Phi) is 3.16. The van der Waals surface area contributed by atoms with Crippen molar-refractivity contribution in [1.82, 2.24) is 5.32 Å². The standard InChI is InChI=1S/C15H23N3/c1-11-9-18(10-12(2)17-11)15-7-3-6-14-13(15)5-4-8-16-14/h3,6-7,11-12,16-17H,4-5,8-10H2,1-2H3/t11-,12-/m0/s1. The summed E-state index contributed by atoms with van der Waals surface area (Å²) in [6, 6.07) is 7.83. The molecule has 3 heteroatoms. The molecule has 18 heavy (non-hydrogen) atoms. The maximum atomic E-state index is 3.60. The van der Waals surface area contributed by atoms with Crippen molar-refractivity contribution in [3.8, 4) is 0 Å². The quantitative estimate of drug-likeness (QED) is 0.794. The van der Waals surface area contributed by atoms with Gasteiger partial charge in [0.2, 0.25) is 0 Å². The molecule has 0 spiro atoms. The van der Waals surface area contributed by atoms with Gasteiger partial charge in [-0.3, -0.25) is 0 Å². The zero-order chi connectivity index (χ0) is 12.5. The van der Waals surface area contributed by atoms with E-state index < -0.39 is 0 Å². The summed E-state index contributed by atoms with van der Waals surface area (Å²) in [7, 11) is 0. The van der Waals surface area contributed by atoms with Crippen LogP contribution in [0.5, 0.6) is 0 Å². The number of nitrogens with zero attached hydrogens (tertiary/aromatic N) is 1. The Morgan fingerprint density at radius 2 is 1.94 bits per heavy atom. The minimum absolute atomic E-state index is 0.571. The van der Waals surface area contributed by atoms with Crippen LogP contribution < -0.4 is 15.5 Å². The summed E-state index contributed by atoms with van der Waals surface area (Å²) in [6.45, 7) is 7.89. The number of hydrogen-bond acceptors (Lipinski definition) is 3. The summed E-state index contributed by atoms with van der Waals surface area (Å²) >= 11 is 0. The summed E-state index contributed by atoms with van der Waals surface area (Å²) in [5, 5.41) is 7.12. The van der Waals surface area contributed by atoms with Gasteiger partial charge in [-0.2, -0.15) is 0 Å². The lowest BCUT2D eigenvalue weighted by atomic mass is 9.99. The molecule has 1 fully saturated rings. The molecule has 0 aromatic heterocycles. The Morgan fingerprint density at radius 3 is 2.72 bits per heavy atom. The Bertz CT molecular complexity index is 420. The largest absolute Gasteiger partial charge is 0.385 e. The highest BCUT2D eigenvalue weighted by Crippen LogP contribution is 2.32. The van der Waals surface area contributed by atoms with E-state index in [4.69, 9.17) is 0 Å². The molecule has 1 saturated heterocycles. The second kappa shape index (κ2) is 4.81. The van der Waals surface area contributed by atoms with Crippen LogP contribution in [0.4, 0.5) is 11.4 Å². The SMILES string of the molecule is C[C@H]1CN(c2cccc3c2CCCN3)C[C@H](C)N1. The van der Waals surface area contributed by atoms with Gasteiger partial charge in [0.05, 0.1) is 0 Å². The minimum atomic E-state index is 0.571. The maximum absolute atomic E-state index is 3.60. The van der Waals surface area contributed by atoms with E-state index in [0.717, 1.165) is 19.6 Å². The first-order chi connectivity index (χ1) is 8.74. The van der Waals surface area contributed by atoms with Gasteiger partial charge in [-0.15, -0.1) is 0 Å². The molecule has 2 aliphatic heterocycles. The molecule has 0 amide bonds. The smallest absolute Gasteiger partial charge is 0.0420 e. The van der Waals surface area contributed by atoms with Gasteiger partial charge in [-0.1, -0.05) is 6.07 Å². The molecule has 2 aliphatic rings. The topological polar surface area (TPSA) is 27.3 Å². The number of hydrogen-bond donors (Lipinski definition) is 2. The molecular weight excluding hydrogens is 222 g/mol.